The van der Waals surface area contributed by atoms with Gasteiger partial charge in [-0.05, 0) is 55.5 Å². The lowest BCUT2D eigenvalue weighted by atomic mass is 10.00. The number of carbonyl (C=O) groups excluding carboxylic acids is 2. The molecule has 0 heterocycles. The first-order valence-corrected chi connectivity index (χ1v) is 10.3. The van der Waals surface area contributed by atoms with Crippen LogP contribution in [0, 0.1) is 18.6 Å². The van der Waals surface area contributed by atoms with Crippen molar-refractivity contribution >= 4 is 34.9 Å². The topological polar surface area (TPSA) is 92.7 Å². The van der Waals surface area contributed by atoms with Crippen molar-refractivity contribution in [2.24, 2.45) is 0 Å². The zero-order valence-electron chi connectivity index (χ0n) is 18.2. The van der Waals surface area contributed by atoms with Crippen LogP contribution in [-0.4, -0.2) is 29.4 Å². The SMILES string of the molecule is Cc1c(NC(=O)COc2ccc(Cl)cc2C(=O)c2cc(F)cc(C(F)(F)F)c2)ccc(C(=O)O)c1F. The van der Waals surface area contributed by atoms with Crippen molar-refractivity contribution in [2.75, 3.05) is 11.9 Å². The number of ether oxygens (including phenoxy) is 1. The summed E-state index contributed by atoms with van der Waals surface area (Å²) in [7, 11) is 0. The van der Waals surface area contributed by atoms with Crippen LogP contribution in [-0.2, 0) is 11.0 Å². The van der Waals surface area contributed by atoms with Gasteiger partial charge in [-0.3, -0.25) is 9.59 Å². The minimum absolute atomic E-state index is 0.0206. The van der Waals surface area contributed by atoms with Crippen molar-refractivity contribution in [3.63, 3.8) is 0 Å². The zero-order valence-corrected chi connectivity index (χ0v) is 18.9. The van der Waals surface area contributed by atoms with Crippen LogP contribution in [0.15, 0.2) is 48.5 Å². The van der Waals surface area contributed by atoms with Gasteiger partial charge in [0.05, 0.1) is 16.7 Å². The number of hydrogen-bond donors (Lipinski definition) is 2. The second-order valence-electron chi connectivity index (χ2n) is 7.44. The van der Waals surface area contributed by atoms with Crippen molar-refractivity contribution in [2.45, 2.75) is 13.1 Å². The van der Waals surface area contributed by atoms with Crippen LogP contribution in [0.2, 0.25) is 5.02 Å². The number of anilines is 1. The molecule has 0 aromatic heterocycles. The van der Waals surface area contributed by atoms with Gasteiger partial charge in [0.2, 0.25) is 0 Å². The van der Waals surface area contributed by atoms with Gasteiger partial charge in [0.1, 0.15) is 17.4 Å². The number of amides is 1. The third kappa shape index (κ3) is 5.98. The molecule has 0 spiro atoms. The Morgan fingerprint density at radius 2 is 1.69 bits per heavy atom. The van der Waals surface area contributed by atoms with E-state index < -0.39 is 58.8 Å². The van der Waals surface area contributed by atoms with Crippen molar-refractivity contribution in [1.29, 1.82) is 0 Å². The molecule has 0 fully saturated rings. The third-order valence-electron chi connectivity index (χ3n) is 4.92. The number of alkyl halides is 3. The second kappa shape index (κ2) is 10.3. The Hall–Kier alpha value is -3.99. The summed E-state index contributed by atoms with van der Waals surface area (Å²) >= 11 is 5.90. The largest absolute Gasteiger partial charge is 0.483 e. The van der Waals surface area contributed by atoms with Gasteiger partial charge >= 0.3 is 12.1 Å². The Morgan fingerprint density at radius 3 is 2.33 bits per heavy atom. The summed E-state index contributed by atoms with van der Waals surface area (Å²) < 4.78 is 72.4. The lowest BCUT2D eigenvalue weighted by molar-refractivity contribution is -0.137. The minimum Gasteiger partial charge on any atom is -0.483 e. The standard InChI is InChI=1S/C24H15ClF5NO5/c1-11-18(4-3-16(21(11)27)23(34)35)31-20(32)10-36-19-5-2-14(25)9-17(19)22(33)12-6-13(24(28,29)30)8-15(26)7-12/h2-9H,10H2,1H3,(H,31,32)(H,34,35). The Labute approximate surface area is 205 Å². The number of ketones is 1. The maximum absolute atomic E-state index is 14.2. The van der Waals surface area contributed by atoms with Gasteiger partial charge in [0, 0.05) is 21.8 Å². The molecule has 0 aliphatic heterocycles. The van der Waals surface area contributed by atoms with Gasteiger partial charge in [0.15, 0.2) is 12.4 Å². The smallest absolute Gasteiger partial charge is 0.416 e. The molecule has 188 valence electrons. The normalized spacial score (nSPS) is 11.2. The highest BCUT2D eigenvalue weighted by Gasteiger charge is 2.32. The number of rotatable bonds is 7. The van der Waals surface area contributed by atoms with Crippen molar-refractivity contribution in [3.05, 3.63) is 93.0 Å². The second-order valence-corrected chi connectivity index (χ2v) is 7.87. The van der Waals surface area contributed by atoms with E-state index in [0.29, 0.717) is 12.1 Å². The molecule has 2 N–H and O–H groups in total. The fourth-order valence-electron chi connectivity index (χ4n) is 3.16. The summed E-state index contributed by atoms with van der Waals surface area (Å²) in [4.78, 5) is 36.2. The van der Waals surface area contributed by atoms with Gasteiger partial charge in [-0.2, -0.15) is 13.2 Å². The van der Waals surface area contributed by atoms with Crippen LogP contribution in [0.5, 0.6) is 5.75 Å². The lowest BCUT2D eigenvalue weighted by Crippen LogP contribution is -2.22. The van der Waals surface area contributed by atoms with E-state index in [4.69, 9.17) is 21.4 Å². The first-order chi connectivity index (χ1) is 16.8. The highest BCUT2D eigenvalue weighted by Crippen LogP contribution is 2.32. The fourth-order valence-corrected chi connectivity index (χ4v) is 3.33. The number of carbonyl (C=O) groups is 3. The molecule has 0 unspecified atom stereocenters. The molecule has 6 nitrogen and oxygen atoms in total. The first kappa shape index (κ1) is 26.6. The molecule has 12 heteroatoms. The van der Waals surface area contributed by atoms with E-state index in [1.165, 1.54) is 25.1 Å². The predicted octanol–water partition coefficient (Wildman–Crippen LogP) is 5.89. The molecule has 0 bridgehead atoms. The Balaban J connectivity index is 1.82. The minimum atomic E-state index is -4.90. The molecule has 3 rings (SSSR count). The van der Waals surface area contributed by atoms with Crippen LogP contribution < -0.4 is 10.1 Å². The van der Waals surface area contributed by atoms with Crippen molar-refractivity contribution < 1.29 is 46.2 Å². The van der Waals surface area contributed by atoms with Gasteiger partial charge in [-0.15, -0.1) is 0 Å². The monoisotopic (exact) mass is 527 g/mol. The van der Waals surface area contributed by atoms with E-state index >= 15 is 0 Å². The number of hydrogen-bond acceptors (Lipinski definition) is 4. The average molecular weight is 528 g/mol. The van der Waals surface area contributed by atoms with E-state index in [1.54, 1.807) is 0 Å². The molecule has 1 amide bonds. The van der Waals surface area contributed by atoms with Crippen LogP contribution in [0.25, 0.3) is 0 Å². The number of carboxylic acids is 1. The molecule has 0 atom stereocenters. The van der Waals surface area contributed by atoms with Gasteiger partial charge < -0.3 is 15.2 Å². The summed E-state index contributed by atoms with van der Waals surface area (Å²) in [5.41, 5.74) is -3.08. The number of nitrogens with one attached hydrogen (secondary N) is 1. The Kier molecular flexibility index (Phi) is 7.63. The van der Waals surface area contributed by atoms with Crippen molar-refractivity contribution in [1.82, 2.24) is 0 Å². The zero-order chi connectivity index (χ0) is 26.8. The highest BCUT2D eigenvalue weighted by molar-refractivity contribution is 6.31. The predicted molar refractivity (Wildman–Crippen MR) is 119 cm³/mol. The summed E-state index contributed by atoms with van der Waals surface area (Å²) in [6.07, 6.45) is -4.90. The van der Waals surface area contributed by atoms with Crippen LogP contribution >= 0.6 is 11.6 Å². The van der Waals surface area contributed by atoms with E-state index in [9.17, 15) is 36.3 Å². The molecular weight excluding hydrogens is 513 g/mol. The summed E-state index contributed by atoms with van der Waals surface area (Å²) in [6, 6.07) is 7.05. The van der Waals surface area contributed by atoms with E-state index in [2.05, 4.69) is 5.32 Å². The Morgan fingerprint density at radius 1 is 1.00 bits per heavy atom. The van der Waals surface area contributed by atoms with E-state index in [1.807, 2.05) is 0 Å². The van der Waals surface area contributed by atoms with Crippen molar-refractivity contribution in [3.8, 4) is 5.75 Å². The van der Waals surface area contributed by atoms with Gasteiger partial charge in [0.25, 0.3) is 5.91 Å². The van der Waals surface area contributed by atoms with Crippen LogP contribution in [0.3, 0.4) is 0 Å². The third-order valence-corrected chi connectivity index (χ3v) is 5.16. The molecule has 0 aliphatic carbocycles. The number of halogens is 6. The van der Waals surface area contributed by atoms with Gasteiger partial charge in [-0.1, -0.05) is 11.6 Å². The van der Waals surface area contributed by atoms with Crippen LogP contribution in [0.1, 0.15) is 37.4 Å². The van der Waals surface area contributed by atoms with Crippen LogP contribution in [0.4, 0.5) is 27.6 Å². The fraction of sp³-hybridized carbons (Fsp3) is 0.125. The molecule has 0 aliphatic rings. The summed E-state index contributed by atoms with van der Waals surface area (Å²) in [5, 5.41) is 11.3. The highest BCUT2D eigenvalue weighted by atomic mass is 35.5. The number of benzene rings is 3. The first-order valence-electron chi connectivity index (χ1n) is 9.95. The average Bonchev–Trinajstić information content (AvgIpc) is 2.79. The van der Waals surface area contributed by atoms with E-state index in [0.717, 1.165) is 12.1 Å². The number of aromatic carboxylic acids is 1. The molecule has 36 heavy (non-hydrogen) atoms. The maximum atomic E-state index is 14.2. The molecule has 0 saturated heterocycles. The molecule has 3 aromatic rings. The Bertz CT molecular complexity index is 1370. The molecule has 0 radical (unpaired) electrons. The quantitative estimate of drug-likeness (QED) is 0.295. The maximum Gasteiger partial charge on any atom is 0.416 e. The summed E-state index contributed by atoms with van der Waals surface area (Å²) in [5.74, 6) is -5.91. The van der Waals surface area contributed by atoms with Gasteiger partial charge in [-0.25, -0.2) is 13.6 Å². The lowest BCUT2D eigenvalue weighted by Gasteiger charge is -2.14. The molecular formula is C24H15ClF5NO5. The molecule has 0 saturated carbocycles. The molecule has 3 aromatic carbocycles. The number of carboxylic acid groups (broad SMARTS) is 1. The summed E-state index contributed by atoms with van der Waals surface area (Å²) in [6.45, 7) is 0.531. The van der Waals surface area contributed by atoms with E-state index in [-0.39, 0.29) is 33.7 Å².